The Hall–Kier alpha value is -0.720. The van der Waals surface area contributed by atoms with Crippen molar-refractivity contribution in [2.24, 2.45) is 0 Å². The maximum atomic E-state index is 11.1. The Labute approximate surface area is 88.3 Å². The van der Waals surface area contributed by atoms with Crippen LogP contribution in [0.3, 0.4) is 0 Å². The van der Waals surface area contributed by atoms with Crippen LogP contribution in [-0.4, -0.2) is 24.6 Å². The van der Waals surface area contributed by atoms with Crippen LogP contribution < -0.4 is 5.32 Å². The van der Waals surface area contributed by atoms with Crippen molar-refractivity contribution >= 4 is 22.2 Å². The first kappa shape index (κ1) is 11.4. The van der Waals surface area contributed by atoms with Crippen molar-refractivity contribution in [3.8, 4) is 0 Å². The molecule has 1 aliphatic rings. The highest BCUT2D eigenvalue weighted by molar-refractivity contribution is 7.90. The molecule has 0 radical (unpaired) electrons. The second-order valence-corrected chi connectivity index (χ2v) is 4.91. The van der Waals surface area contributed by atoms with Crippen LogP contribution in [0.25, 0.3) is 0 Å². The predicted molar refractivity (Wildman–Crippen MR) is 52.9 cm³/mol. The molecular formula is C7H10ClN3O2S. The zero-order valence-corrected chi connectivity index (χ0v) is 9.15. The summed E-state index contributed by atoms with van der Waals surface area (Å²) in [5.74, 6) is 0. The Morgan fingerprint density at radius 2 is 2.14 bits per heavy atom. The van der Waals surface area contributed by atoms with Crippen molar-refractivity contribution in [3.63, 3.8) is 0 Å². The fourth-order valence-electron chi connectivity index (χ4n) is 1.22. The van der Waals surface area contributed by atoms with Gasteiger partial charge < -0.3 is 5.32 Å². The molecule has 0 saturated carbocycles. The lowest BCUT2D eigenvalue weighted by atomic mass is 10.3. The predicted octanol–water partition coefficient (Wildman–Crippen LogP) is -0.0949. The summed E-state index contributed by atoms with van der Waals surface area (Å²) in [6, 6.07) is 0. The highest BCUT2D eigenvalue weighted by Crippen LogP contribution is 2.13. The Morgan fingerprint density at radius 1 is 1.43 bits per heavy atom. The summed E-state index contributed by atoms with van der Waals surface area (Å²) in [6.07, 6.45) is 2.68. The lowest BCUT2D eigenvalue weighted by Crippen LogP contribution is -2.06. The first-order valence-corrected chi connectivity index (χ1v) is 5.72. The molecule has 1 aliphatic heterocycles. The molecule has 0 fully saturated rings. The Kier molecular flexibility index (Phi) is 3.08. The molecule has 0 atom stereocenters. The van der Waals surface area contributed by atoms with Crippen LogP contribution in [0.4, 0.5) is 0 Å². The van der Waals surface area contributed by atoms with Crippen molar-refractivity contribution in [2.75, 3.05) is 6.26 Å². The van der Waals surface area contributed by atoms with E-state index < -0.39 is 9.84 Å². The summed E-state index contributed by atoms with van der Waals surface area (Å²) in [7, 11) is -3.27. The molecule has 7 heteroatoms. The lowest BCUT2D eigenvalue weighted by molar-refractivity contribution is 0.591. The zero-order chi connectivity index (χ0) is 9.47. The number of aromatic nitrogens is 2. The van der Waals surface area contributed by atoms with E-state index in [2.05, 4.69) is 15.3 Å². The lowest BCUT2D eigenvalue weighted by Gasteiger charge is -1.98. The number of sulfone groups is 1. The summed E-state index contributed by atoms with van der Waals surface area (Å²) in [5, 5.41) is 2.98. The van der Waals surface area contributed by atoms with Crippen LogP contribution in [0.15, 0.2) is 11.4 Å². The van der Waals surface area contributed by atoms with Crippen molar-refractivity contribution in [3.05, 3.63) is 17.5 Å². The van der Waals surface area contributed by atoms with Gasteiger partial charge in [-0.05, 0) is 0 Å². The van der Waals surface area contributed by atoms with Gasteiger partial charge in [0, 0.05) is 31.1 Å². The van der Waals surface area contributed by atoms with Gasteiger partial charge in [0.15, 0.2) is 0 Å². The summed E-state index contributed by atoms with van der Waals surface area (Å²) in [5.41, 5.74) is 1.77. The van der Waals surface area contributed by atoms with Crippen LogP contribution in [0.1, 0.15) is 11.3 Å². The zero-order valence-electron chi connectivity index (χ0n) is 7.52. The van der Waals surface area contributed by atoms with E-state index in [9.17, 15) is 8.42 Å². The molecule has 5 nitrogen and oxygen atoms in total. The van der Waals surface area contributed by atoms with Crippen molar-refractivity contribution in [2.45, 2.75) is 18.2 Å². The number of nitrogens with zero attached hydrogens (tertiary/aromatic N) is 2. The van der Waals surface area contributed by atoms with Crippen LogP contribution in [0.5, 0.6) is 0 Å². The van der Waals surface area contributed by atoms with Crippen molar-refractivity contribution < 1.29 is 8.42 Å². The monoisotopic (exact) mass is 235 g/mol. The quantitative estimate of drug-likeness (QED) is 0.689. The molecule has 78 valence electrons. The maximum absolute atomic E-state index is 11.1. The van der Waals surface area contributed by atoms with Gasteiger partial charge in [0.25, 0.3) is 0 Å². The van der Waals surface area contributed by atoms with Crippen LogP contribution in [-0.2, 0) is 22.9 Å². The minimum absolute atomic E-state index is 0. The van der Waals surface area contributed by atoms with Crippen LogP contribution in [0, 0.1) is 0 Å². The molecule has 1 N–H and O–H groups in total. The first-order valence-electron chi connectivity index (χ1n) is 3.83. The van der Waals surface area contributed by atoms with Gasteiger partial charge in [-0.15, -0.1) is 12.4 Å². The molecular weight excluding hydrogens is 226 g/mol. The summed E-state index contributed by atoms with van der Waals surface area (Å²) < 4.78 is 22.2. The number of halogens is 1. The van der Waals surface area contributed by atoms with E-state index in [4.69, 9.17) is 0 Å². The van der Waals surface area contributed by atoms with E-state index in [1.807, 2.05) is 0 Å². The highest BCUT2D eigenvalue weighted by Gasteiger charge is 2.17. The highest BCUT2D eigenvalue weighted by atomic mass is 35.5. The van der Waals surface area contributed by atoms with Crippen LogP contribution >= 0.6 is 12.4 Å². The number of fused-ring (bicyclic) bond motifs is 1. The summed E-state index contributed by atoms with van der Waals surface area (Å²) in [6.45, 7) is 1.35. The molecule has 1 aromatic rings. The smallest absolute Gasteiger partial charge is 0.247 e. The van der Waals surface area contributed by atoms with E-state index >= 15 is 0 Å². The minimum Gasteiger partial charge on any atom is -0.307 e. The Bertz CT molecular complexity index is 446. The maximum Gasteiger partial charge on any atom is 0.247 e. The van der Waals surface area contributed by atoms with Gasteiger partial charge in [-0.25, -0.2) is 18.4 Å². The molecule has 1 aromatic heterocycles. The molecule has 2 heterocycles. The number of nitrogens with one attached hydrogen (secondary N) is 1. The molecule has 0 aromatic carbocycles. The SMILES string of the molecule is CS(=O)(=O)c1ncc2c(n1)CNC2.Cl. The van der Waals surface area contributed by atoms with E-state index in [0.717, 1.165) is 24.1 Å². The Balaban J connectivity index is 0.000000980. The first-order chi connectivity index (χ1) is 6.07. The topological polar surface area (TPSA) is 72.0 Å². The largest absolute Gasteiger partial charge is 0.307 e. The number of hydrogen-bond acceptors (Lipinski definition) is 5. The van der Waals surface area contributed by atoms with Gasteiger partial charge in [0.2, 0.25) is 15.0 Å². The van der Waals surface area contributed by atoms with Crippen molar-refractivity contribution in [1.29, 1.82) is 0 Å². The minimum atomic E-state index is -3.27. The molecule has 0 saturated heterocycles. The van der Waals surface area contributed by atoms with Gasteiger partial charge in [-0.3, -0.25) is 0 Å². The van der Waals surface area contributed by atoms with Crippen LogP contribution in [0.2, 0.25) is 0 Å². The molecule has 2 rings (SSSR count). The number of hydrogen-bond donors (Lipinski definition) is 1. The third-order valence-electron chi connectivity index (χ3n) is 1.87. The molecule has 0 amide bonds. The van der Waals surface area contributed by atoms with E-state index in [1.165, 1.54) is 0 Å². The molecule has 0 aliphatic carbocycles. The average Bonchev–Trinajstić information content (AvgIpc) is 2.47. The third-order valence-corrected chi connectivity index (χ3v) is 2.73. The van der Waals surface area contributed by atoms with Gasteiger partial charge in [-0.2, -0.15) is 0 Å². The molecule has 0 spiro atoms. The summed E-state index contributed by atoms with van der Waals surface area (Å²) >= 11 is 0. The summed E-state index contributed by atoms with van der Waals surface area (Å²) in [4.78, 5) is 7.75. The number of rotatable bonds is 1. The van der Waals surface area contributed by atoms with Gasteiger partial charge in [0.1, 0.15) is 0 Å². The average molecular weight is 236 g/mol. The van der Waals surface area contributed by atoms with Gasteiger partial charge in [0.05, 0.1) is 5.69 Å². The standard InChI is InChI=1S/C7H9N3O2S.ClH/c1-13(11,12)7-9-3-5-2-8-4-6(5)10-7;/h3,8H,2,4H2,1H3;1H. The van der Waals surface area contributed by atoms with E-state index in [-0.39, 0.29) is 17.6 Å². The molecule has 0 bridgehead atoms. The fourth-order valence-corrected chi connectivity index (χ4v) is 1.74. The van der Waals surface area contributed by atoms with E-state index in [0.29, 0.717) is 6.54 Å². The third kappa shape index (κ3) is 2.02. The second kappa shape index (κ2) is 3.80. The van der Waals surface area contributed by atoms with Gasteiger partial charge >= 0.3 is 0 Å². The molecule has 14 heavy (non-hydrogen) atoms. The molecule has 0 unspecified atom stereocenters. The normalized spacial score (nSPS) is 14.6. The fraction of sp³-hybridized carbons (Fsp3) is 0.429. The Morgan fingerprint density at radius 3 is 2.79 bits per heavy atom. The second-order valence-electron chi connectivity index (χ2n) is 3.00. The van der Waals surface area contributed by atoms with Crippen molar-refractivity contribution in [1.82, 2.24) is 15.3 Å². The van der Waals surface area contributed by atoms with Gasteiger partial charge in [-0.1, -0.05) is 0 Å². The van der Waals surface area contributed by atoms with E-state index in [1.54, 1.807) is 6.20 Å².